The van der Waals surface area contributed by atoms with Gasteiger partial charge in [0.25, 0.3) is 0 Å². The van der Waals surface area contributed by atoms with E-state index in [-0.39, 0.29) is 18.9 Å². The highest BCUT2D eigenvalue weighted by Gasteiger charge is 2.50. The Hall–Kier alpha value is -1.79. The first-order valence-electron chi connectivity index (χ1n) is 23.2. The van der Waals surface area contributed by atoms with Crippen LogP contribution in [0.2, 0.25) is 0 Å². The van der Waals surface area contributed by atoms with E-state index in [4.69, 9.17) is 18.9 Å². The summed E-state index contributed by atoms with van der Waals surface area (Å²) in [6, 6.07) is -0.930. The Kier molecular flexibility index (Phi) is 30.5. The monoisotopic (exact) mass is 858 g/mol. The Morgan fingerprint density at radius 3 is 1.63 bits per heavy atom. The van der Waals surface area contributed by atoms with Crippen LogP contribution in [0.3, 0.4) is 0 Å². The summed E-state index contributed by atoms with van der Waals surface area (Å²) >= 11 is 0. The van der Waals surface area contributed by atoms with Crippen molar-refractivity contribution in [1.82, 2.24) is 5.32 Å². The number of aliphatic hydroxyl groups excluding tert-OH is 8. The summed E-state index contributed by atoms with van der Waals surface area (Å²) in [5.74, 6) is -0.269. The summed E-state index contributed by atoms with van der Waals surface area (Å²) in [6.45, 7) is 2.63. The van der Waals surface area contributed by atoms with Gasteiger partial charge in [0.15, 0.2) is 12.6 Å². The van der Waals surface area contributed by atoms with Crippen molar-refractivity contribution in [1.29, 1.82) is 0 Å². The first-order valence-corrected chi connectivity index (χ1v) is 23.2. The molecule has 0 spiro atoms. The molecule has 9 N–H and O–H groups in total. The lowest BCUT2D eigenvalue weighted by Crippen LogP contribution is -2.65. The summed E-state index contributed by atoms with van der Waals surface area (Å²) < 4.78 is 22.5. The van der Waals surface area contributed by atoms with Crippen molar-refractivity contribution in [2.45, 2.75) is 229 Å². The predicted molar refractivity (Wildman–Crippen MR) is 231 cm³/mol. The molecule has 14 nitrogen and oxygen atoms in total. The number of hydrogen-bond donors (Lipinski definition) is 9. The van der Waals surface area contributed by atoms with Gasteiger partial charge in [-0.1, -0.05) is 140 Å². The molecule has 60 heavy (non-hydrogen) atoms. The van der Waals surface area contributed by atoms with E-state index in [9.17, 15) is 45.6 Å². The lowest BCUT2D eigenvalue weighted by atomic mass is 9.97. The van der Waals surface area contributed by atoms with Gasteiger partial charge < -0.3 is 65.1 Å². The van der Waals surface area contributed by atoms with Gasteiger partial charge in [-0.15, -0.1) is 0 Å². The highest BCUT2D eigenvalue weighted by Crippen LogP contribution is 2.30. The number of nitrogens with one attached hydrogen (secondary N) is 1. The third kappa shape index (κ3) is 21.5. The summed E-state index contributed by atoms with van der Waals surface area (Å²) in [4.78, 5) is 12.9. The fourth-order valence-corrected chi connectivity index (χ4v) is 7.44. The molecule has 350 valence electrons. The number of hydrogen-bond acceptors (Lipinski definition) is 13. The van der Waals surface area contributed by atoms with Crippen molar-refractivity contribution in [2.75, 3.05) is 19.8 Å². The maximum atomic E-state index is 12.9. The van der Waals surface area contributed by atoms with Gasteiger partial charge in [-0.2, -0.15) is 0 Å². The van der Waals surface area contributed by atoms with Gasteiger partial charge in [0.05, 0.1) is 32.0 Å². The molecule has 0 aliphatic carbocycles. The summed E-state index contributed by atoms with van der Waals surface area (Å²) in [6.07, 6.45) is 19.7. The van der Waals surface area contributed by atoms with Crippen LogP contribution in [0.4, 0.5) is 0 Å². The number of aliphatic hydroxyl groups is 8. The van der Waals surface area contributed by atoms with E-state index in [0.717, 1.165) is 51.4 Å². The molecule has 0 saturated carbocycles. The Morgan fingerprint density at radius 1 is 0.583 bits per heavy atom. The summed E-state index contributed by atoms with van der Waals surface area (Å²) in [7, 11) is 0. The molecule has 2 aliphatic rings. The predicted octanol–water partition coefficient (Wildman–Crippen LogP) is 4.76. The maximum Gasteiger partial charge on any atom is 0.220 e. The van der Waals surface area contributed by atoms with E-state index in [0.29, 0.717) is 12.8 Å². The zero-order chi connectivity index (χ0) is 44.0. The van der Waals surface area contributed by atoms with Crippen LogP contribution < -0.4 is 5.32 Å². The average molecular weight is 858 g/mol. The number of unbranched alkanes of at least 4 members (excludes halogenated alkanes) is 17. The van der Waals surface area contributed by atoms with Gasteiger partial charge in [-0.25, -0.2) is 0 Å². The molecule has 0 aromatic heterocycles. The minimum absolute atomic E-state index is 0.265. The molecule has 2 rings (SSSR count). The Balaban J connectivity index is 1.82. The fourth-order valence-electron chi connectivity index (χ4n) is 7.44. The van der Waals surface area contributed by atoms with E-state index in [2.05, 4.69) is 43.5 Å². The van der Waals surface area contributed by atoms with Crippen molar-refractivity contribution in [3.05, 3.63) is 36.5 Å². The molecule has 12 atom stereocenters. The van der Waals surface area contributed by atoms with Crippen LogP contribution in [0.25, 0.3) is 0 Å². The zero-order valence-electron chi connectivity index (χ0n) is 36.7. The highest BCUT2D eigenvalue weighted by molar-refractivity contribution is 5.76. The van der Waals surface area contributed by atoms with E-state index >= 15 is 0 Å². The minimum Gasteiger partial charge on any atom is -0.394 e. The van der Waals surface area contributed by atoms with E-state index in [1.807, 2.05) is 6.08 Å². The number of rotatable bonds is 34. The van der Waals surface area contributed by atoms with Gasteiger partial charge in [-0.05, 0) is 44.9 Å². The van der Waals surface area contributed by atoms with Crippen LogP contribution in [0.15, 0.2) is 36.5 Å². The second kappa shape index (κ2) is 33.7. The number of ether oxygens (including phenoxy) is 4. The number of amides is 1. The first kappa shape index (κ1) is 54.3. The highest BCUT2D eigenvalue weighted by atomic mass is 16.7. The van der Waals surface area contributed by atoms with Gasteiger partial charge in [0, 0.05) is 6.42 Å². The van der Waals surface area contributed by atoms with Crippen LogP contribution >= 0.6 is 0 Å². The third-order valence-corrected chi connectivity index (χ3v) is 11.3. The molecule has 2 saturated heterocycles. The normalized spacial score (nSPS) is 28.6. The molecule has 0 aromatic carbocycles. The van der Waals surface area contributed by atoms with Crippen molar-refractivity contribution >= 4 is 5.91 Å². The molecule has 1 amide bonds. The Labute approximate surface area is 360 Å². The smallest absolute Gasteiger partial charge is 0.220 e. The molecule has 2 heterocycles. The molecule has 0 aromatic rings. The van der Waals surface area contributed by atoms with Crippen LogP contribution in [-0.2, 0) is 23.7 Å². The number of allylic oxidation sites excluding steroid dienone is 5. The maximum absolute atomic E-state index is 12.9. The third-order valence-electron chi connectivity index (χ3n) is 11.3. The number of carbonyl (C=O) groups excluding carboxylic acids is 1. The molecular weight excluding hydrogens is 775 g/mol. The van der Waals surface area contributed by atoms with E-state index in [1.54, 1.807) is 6.08 Å². The molecule has 0 radical (unpaired) electrons. The molecule has 12 unspecified atom stereocenters. The average Bonchev–Trinajstić information content (AvgIpc) is 3.24. The van der Waals surface area contributed by atoms with Crippen LogP contribution in [0.1, 0.15) is 155 Å². The van der Waals surface area contributed by atoms with Gasteiger partial charge in [0.2, 0.25) is 5.91 Å². The molecule has 2 aliphatic heterocycles. The van der Waals surface area contributed by atoms with Crippen LogP contribution in [0.5, 0.6) is 0 Å². The Morgan fingerprint density at radius 2 is 1.07 bits per heavy atom. The minimum atomic E-state index is -1.79. The SMILES string of the molecule is CCCCCCCCCCCCC/C=C/CC/C=C/CC/C=C/C(O)C(COC1OC(CO)C(OC2OC(CO)C(O)C(O)C2O)C(O)C1O)NC(=O)CCCCCCC. The van der Waals surface area contributed by atoms with Crippen molar-refractivity contribution in [3.8, 4) is 0 Å². The fraction of sp³-hybridized carbons (Fsp3) is 0.848. The summed E-state index contributed by atoms with van der Waals surface area (Å²) in [5, 5.41) is 86.1. The zero-order valence-corrected chi connectivity index (χ0v) is 36.7. The van der Waals surface area contributed by atoms with Crippen LogP contribution in [-0.4, -0.2) is 140 Å². The topological polar surface area (TPSA) is 228 Å². The van der Waals surface area contributed by atoms with Gasteiger partial charge in [-0.3, -0.25) is 4.79 Å². The lowest BCUT2D eigenvalue weighted by Gasteiger charge is -2.46. The van der Waals surface area contributed by atoms with Crippen molar-refractivity contribution in [2.24, 2.45) is 0 Å². The standard InChI is InChI=1S/C46H83NO13/c1-3-5-7-9-10-11-12-13-14-15-16-17-18-19-20-21-22-23-24-26-27-29-35(50)34(47-38(51)30-28-25-8-6-4-2)33-57-45-43(56)41(54)44(37(32-49)59-45)60-46-42(55)40(53)39(52)36(31-48)58-46/h18-19,22-23,27,29,34-37,39-46,48-50,52-56H,3-17,20-21,24-26,28,30-33H2,1-2H3,(H,47,51)/b19-18+,23-22+,29-27+. The van der Waals surface area contributed by atoms with Crippen LogP contribution in [0, 0.1) is 0 Å². The quantitative estimate of drug-likeness (QED) is 0.0315. The van der Waals surface area contributed by atoms with E-state index in [1.165, 1.54) is 70.6 Å². The second-order valence-electron chi connectivity index (χ2n) is 16.5. The van der Waals surface area contributed by atoms with Gasteiger partial charge in [0.1, 0.15) is 48.8 Å². The van der Waals surface area contributed by atoms with Gasteiger partial charge >= 0.3 is 0 Å². The summed E-state index contributed by atoms with van der Waals surface area (Å²) in [5.41, 5.74) is 0. The van der Waals surface area contributed by atoms with Crippen molar-refractivity contribution < 1.29 is 64.6 Å². The molecule has 2 fully saturated rings. The molecule has 14 heteroatoms. The molecule has 0 bridgehead atoms. The molecular formula is C46H83NO13. The lowest BCUT2D eigenvalue weighted by molar-refractivity contribution is -0.359. The van der Waals surface area contributed by atoms with Crippen molar-refractivity contribution in [3.63, 3.8) is 0 Å². The number of carbonyl (C=O) groups is 1. The second-order valence-corrected chi connectivity index (χ2v) is 16.5. The van der Waals surface area contributed by atoms with E-state index < -0.39 is 86.8 Å². The largest absolute Gasteiger partial charge is 0.394 e. The first-order chi connectivity index (χ1) is 29.1. The Bertz CT molecular complexity index is 1150.